The highest BCUT2D eigenvalue weighted by Crippen LogP contribution is 2.35. The monoisotopic (exact) mass is 391 g/mol. The summed E-state index contributed by atoms with van der Waals surface area (Å²) in [4.78, 5) is 22.9. The zero-order chi connectivity index (χ0) is 18.8. The number of carbonyl (C=O) groups excluding carboxylic acids is 1. The van der Waals surface area contributed by atoms with Gasteiger partial charge in [-0.2, -0.15) is 4.98 Å². The van der Waals surface area contributed by atoms with Gasteiger partial charge in [-0.15, -0.1) is 11.3 Å². The number of carbonyl (C=O) groups is 1. The van der Waals surface area contributed by atoms with Gasteiger partial charge in [0.15, 0.2) is 5.82 Å². The number of anilines is 1. The second-order valence-corrected chi connectivity index (χ2v) is 7.17. The first-order valence-corrected chi connectivity index (χ1v) is 9.04. The number of methoxy groups -OCH3 is 2. The molecule has 1 amide bonds. The Kier molecular flexibility index (Phi) is 5.41. The van der Waals surface area contributed by atoms with E-state index in [4.69, 9.17) is 21.1 Å². The molecule has 3 aromatic rings. The topological polar surface area (TPSA) is 73.3 Å². The van der Waals surface area contributed by atoms with Gasteiger partial charge in [0.1, 0.15) is 11.4 Å². The lowest BCUT2D eigenvalue weighted by molar-refractivity contribution is 0.103. The largest absolute Gasteiger partial charge is 0.480 e. The van der Waals surface area contributed by atoms with Crippen molar-refractivity contribution < 1.29 is 14.3 Å². The Hall–Kier alpha value is -2.22. The van der Waals surface area contributed by atoms with Gasteiger partial charge >= 0.3 is 0 Å². The molecule has 0 saturated heterocycles. The minimum Gasteiger partial charge on any atom is -0.480 e. The average molecular weight is 392 g/mol. The number of thiophene rings is 1. The third-order valence-electron chi connectivity index (χ3n) is 3.92. The molecule has 0 aliphatic rings. The number of benzene rings is 1. The van der Waals surface area contributed by atoms with Crippen molar-refractivity contribution >= 4 is 44.7 Å². The molecule has 0 spiro atoms. The van der Waals surface area contributed by atoms with E-state index in [0.29, 0.717) is 32.1 Å². The van der Waals surface area contributed by atoms with E-state index in [2.05, 4.69) is 15.3 Å². The van der Waals surface area contributed by atoms with E-state index in [-0.39, 0.29) is 12.5 Å². The van der Waals surface area contributed by atoms with Gasteiger partial charge in [-0.1, -0.05) is 17.7 Å². The van der Waals surface area contributed by atoms with Crippen LogP contribution in [0.15, 0.2) is 18.2 Å². The van der Waals surface area contributed by atoms with Gasteiger partial charge in [0.25, 0.3) is 5.91 Å². The summed E-state index contributed by atoms with van der Waals surface area (Å²) in [6.07, 6.45) is 0. The minimum atomic E-state index is -0.216. The number of fused-ring (bicyclic) bond motifs is 1. The third kappa shape index (κ3) is 3.51. The van der Waals surface area contributed by atoms with Gasteiger partial charge in [0.2, 0.25) is 5.88 Å². The van der Waals surface area contributed by atoms with Crippen LogP contribution in [0.4, 0.5) is 5.69 Å². The lowest BCUT2D eigenvalue weighted by atomic mass is 10.1. The molecule has 0 saturated carbocycles. The number of hydrogen-bond donors (Lipinski definition) is 1. The van der Waals surface area contributed by atoms with Crippen molar-refractivity contribution in [1.29, 1.82) is 0 Å². The average Bonchev–Trinajstić information content (AvgIpc) is 2.94. The fourth-order valence-electron chi connectivity index (χ4n) is 2.61. The quantitative estimate of drug-likeness (QED) is 0.699. The molecule has 1 aromatic carbocycles. The van der Waals surface area contributed by atoms with Crippen LogP contribution < -0.4 is 10.1 Å². The van der Waals surface area contributed by atoms with Crippen molar-refractivity contribution in [2.45, 2.75) is 20.5 Å². The number of ether oxygens (including phenoxy) is 2. The van der Waals surface area contributed by atoms with Crippen LogP contribution in [0.5, 0.6) is 5.88 Å². The van der Waals surface area contributed by atoms with Crippen LogP contribution in [-0.4, -0.2) is 30.1 Å². The second-order valence-electron chi connectivity index (χ2n) is 5.73. The number of amides is 1. The molecule has 8 heteroatoms. The summed E-state index contributed by atoms with van der Waals surface area (Å²) in [5.41, 5.74) is 2.39. The van der Waals surface area contributed by atoms with E-state index in [9.17, 15) is 4.79 Å². The summed E-state index contributed by atoms with van der Waals surface area (Å²) in [7, 11) is 3.12. The second kappa shape index (κ2) is 7.57. The number of rotatable bonds is 5. The highest BCUT2D eigenvalue weighted by atomic mass is 35.5. The van der Waals surface area contributed by atoms with Crippen molar-refractivity contribution in [3.8, 4) is 5.88 Å². The molecular weight excluding hydrogens is 374 g/mol. The summed E-state index contributed by atoms with van der Waals surface area (Å²) in [6, 6.07) is 5.38. The Morgan fingerprint density at radius 2 is 2.04 bits per heavy atom. The number of nitrogens with zero attached hydrogens (tertiary/aromatic N) is 2. The van der Waals surface area contributed by atoms with E-state index in [0.717, 1.165) is 16.5 Å². The smallest absolute Gasteiger partial charge is 0.266 e. The number of hydrogen-bond acceptors (Lipinski definition) is 6. The molecular formula is C18H18ClN3O3S. The number of aryl methyl sites for hydroxylation is 2. The first kappa shape index (κ1) is 18.6. The Bertz CT molecular complexity index is 987. The molecule has 0 radical (unpaired) electrons. The lowest BCUT2D eigenvalue weighted by Gasteiger charge is -2.08. The first-order chi connectivity index (χ1) is 12.4. The molecule has 3 rings (SSSR count). The third-order valence-corrected chi connectivity index (χ3v) is 5.34. The summed E-state index contributed by atoms with van der Waals surface area (Å²) >= 11 is 7.33. The van der Waals surface area contributed by atoms with Crippen molar-refractivity contribution in [3.63, 3.8) is 0 Å². The fourth-order valence-corrected chi connectivity index (χ4v) is 3.87. The van der Waals surface area contributed by atoms with Gasteiger partial charge < -0.3 is 14.8 Å². The molecule has 2 aromatic heterocycles. The van der Waals surface area contributed by atoms with Crippen LogP contribution in [0.1, 0.15) is 26.6 Å². The molecule has 6 nitrogen and oxygen atoms in total. The highest BCUT2D eigenvalue weighted by molar-refractivity contribution is 7.20. The summed E-state index contributed by atoms with van der Waals surface area (Å²) in [6.45, 7) is 4.04. The highest BCUT2D eigenvalue weighted by Gasteiger charge is 2.21. The summed E-state index contributed by atoms with van der Waals surface area (Å²) in [5.74, 6) is 0.732. The molecule has 0 fully saturated rings. The first-order valence-electron chi connectivity index (χ1n) is 7.85. The van der Waals surface area contributed by atoms with Crippen molar-refractivity contribution in [2.75, 3.05) is 19.5 Å². The van der Waals surface area contributed by atoms with Gasteiger partial charge in [0, 0.05) is 17.8 Å². The van der Waals surface area contributed by atoms with Crippen molar-refractivity contribution in [3.05, 3.63) is 45.1 Å². The summed E-state index contributed by atoms with van der Waals surface area (Å²) in [5, 5.41) is 4.23. The van der Waals surface area contributed by atoms with Gasteiger partial charge in [-0.05, 0) is 37.1 Å². The fraction of sp³-hybridized carbons (Fsp3) is 0.278. The Labute approximate surface area is 160 Å². The van der Waals surface area contributed by atoms with Crippen LogP contribution in [0.25, 0.3) is 10.2 Å². The maximum Gasteiger partial charge on any atom is 0.266 e. The van der Waals surface area contributed by atoms with E-state index in [1.165, 1.54) is 11.3 Å². The zero-order valence-corrected chi connectivity index (χ0v) is 16.4. The molecule has 0 aliphatic carbocycles. The molecule has 0 aliphatic heterocycles. The molecule has 0 bridgehead atoms. The van der Waals surface area contributed by atoms with E-state index >= 15 is 0 Å². The molecule has 136 valence electrons. The zero-order valence-electron chi connectivity index (χ0n) is 14.8. The number of nitrogens with one attached hydrogen (secondary N) is 1. The van der Waals surface area contributed by atoms with Crippen LogP contribution in [0, 0.1) is 13.8 Å². The van der Waals surface area contributed by atoms with Crippen LogP contribution in [0.3, 0.4) is 0 Å². The Morgan fingerprint density at radius 1 is 1.27 bits per heavy atom. The van der Waals surface area contributed by atoms with Crippen LogP contribution in [-0.2, 0) is 11.3 Å². The van der Waals surface area contributed by atoms with Gasteiger partial charge in [-0.25, -0.2) is 4.98 Å². The Balaban J connectivity index is 2.03. The lowest BCUT2D eigenvalue weighted by Crippen LogP contribution is -2.12. The van der Waals surface area contributed by atoms with Crippen LogP contribution in [0.2, 0.25) is 5.02 Å². The van der Waals surface area contributed by atoms with E-state index in [1.54, 1.807) is 26.4 Å². The predicted octanol–water partition coefficient (Wildman–Crippen LogP) is 4.37. The molecule has 0 unspecified atom stereocenters. The van der Waals surface area contributed by atoms with E-state index in [1.807, 2.05) is 19.9 Å². The SMILES string of the molecule is COCc1nc(OC)c2c(C)c(C(=O)Nc3cc(Cl)ccc3C)sc2n1. The van der Waals surface area contributed by atoms with Crippen molar-refractivity contribution in [2.24, 2.45) is 0 Å². The van der Waals surface area contributed by atoms with Gasteiger partial charge in [-0.3, -0.25) is 4.79 Å². The molecule has 1 N–H and O–H groups in total. The standard InChI is InChI=1S/C18H18ClN3O3S/c1-9-5-6-11(19)7-12(9)20-16(23)15-10(2)14-17(25-4)21-13(8-24-3)22-18(14)26-15/h5-7H,8H2,1-4H3,(H,20,23). The van der Waals surface area contributed by atoms with Crippen molar-refractivity contribution in [1.82, 2.24) is 9.97 Å². The predicted molar refractivity (Wildman–Crippen MR) is 104 cm³/mol. The molecule has 0 atom stereocenters. The number of aromatic nitrogens is 2. The number of halogens is 1. The Morgan fingerprint density at radius 3 is 2.73 bits per heavy atom. The van der Waals surface area contributed by atoms with Gasteiger partial charge in [0.05, 0.1) is 17.4 Å². The summed E-state index contributed by atoms with van der Waals surface area (Å²) < 4.78 is 10.5. The van der Waals surface area contributed by atoms with E-state index < -0.39 is 0 Å². The molecule has 26 heavy (non-hydrogen) atoms. The van der Waals surface area contributed by atoms with Crippen LogP contribution >= 0.6 is 22.9 Å². The normalized spacial score (nSPS) is 11.0. The maximum atomic E-state index is 12.8. The maximum absolute atomic E-state index is 12.8. The minimum absolute atomic E-state index is 0.216. The molecule has 2 heterocycles.